The van der Waals surface area contributed by atoms with Crippen molar-refractivity contribution in [3.8, 4) is 11.5 Å². The molecule has 0 amide bonds. The molecular formula is C19H30IN5O2. The van der Waals surface area contributed by atoms with Gasteiger partial charge in [0.05, 0.1) is 26.4 Å². The number of nitrogens with one attached hydrogen (secondary N) is 2. The maximum absolute atomic E-state index is 5.91. The molecule has 1 aromatic heterocycles. The molecule has 7 nitrogen and oxygen atoms in total. The van der Waals surface area contributed by atoms with Gasteiger partial charge in [0.15, 0.2) is 5.96 Å². The van der Waals surface area contributed by atoms with E-state index in [1.54, 1.807) is 7.11 Å². The highest BCUT2D eigenvalue weighted by Gasteiger charge is 2.06. The van der Waals surface area contributed by atoms with Crippen molar-refractivity contribution in [2.75, 3.05) is 26.7 Å². The van der Waals surface area contributed by atoms with Crippen molar-refractivity contribution in [1.82, 2.24) is 20.4 Å². The summed E-state index contributed by atoms with van der Waals surface area (Å²) in [6.45, 7) is 8.97. The van der Waals surface area contributed by atoms with Crippen molar-refractivity contribution in [3.63, 3.8) is 0 Å². The lowest BCUT2D eigenvalue weighted by molar-refractivity contribution is 0.229. The lowest BCUT2D eigenvalue weighted by Gasteiger charge is -2.15. The van der Waals surface area contributed by atoms with Gasteiger partial charge in [-0.3, -0.25) is 4.68 Å². The van der Waals surface area contributed by atoms with Crippen molar-refractivity contribution >= 4 is 29.9 Å². The van der Waals surface area contributed by atoms with Crippen LogP contribution in [0.4, 0.5) is 0 Å². The maximum atomic E-state index is 5.91. The first-order valence-electron chi connectivity index (χ1n) is 8.92. The van der Waals surface area contributed by atoms with E-state index in [4.69, 9.17) is 9.47 Å². The molecule has 0 aliphatic heterocycles. The number of aryl methyl sites for hydroxylation is 1. The highest BCUT2D eigenvalue weighted by atomic mass is 127. The summed E-state index contributed by atoms with van der Waals surface area (Å²) in [5, 5.41) is 10.8. The molecule has 1 heterocycles. The molecular weight excluding hydrogens is 457 g/mol. The summed E-state index contributed by atoms with van der Waals surface area (Å²) in [6.07, 6.45) is 3.83. The van der Waals surface area contributed by atoms with Gasteiger partial charge in [-0.2, -0.15) is 5.10 Å². The largest absolute Gasteiger partial charge is 0.497 e. The predicted molar refractivity (Wildman–Crippen MR) is 119 cm³/mol. The van der Waals surface area contributed by atoms with Gasteiger partial charge in [-0.05, 0) is 38.5 Å². The molecule has 0 saturated heterocycles. The van der Waals surface area contributed by atoms with Crippen LogP contribution in [0.15, 0.2) is 41.7 Å². The Bertz CT molecular complexity index is 705. The van der Waals surface area contributed by atoms with Crippen LogP contribution in [0, 0.1) is 6.92 Å². The van der Waals surface area contributed by atoms with Gasteiger partial charge in [-0.1, -0.05) is 6.07 Å². The zero-order valence-corrected chi connectivity index (χ0v) is 18.8. The topological polar surface area (TPSA) is 72.7 Å². The zero-order chi connectivity index (χ0) is 18.8. The Hall–Kier alpha value is -1.97. The molecule has 2 N–H and O–H groups in total. The number of guanidine groups is 1. The number of nitrogens with zero attached hydrogens (tertiary/aromatic N) is 3. The number of halogens is 1. The molecule has 0 radical (unpaired) electrons. The summed E-state index contributed by atoms with van der Waals surface area (Å²) < 4.78 is 13.0. The second-order valence-corrected chi connectivity index (χ2v) is 6.03. The molecule has 1 aromatic carbocycles. The van der Waals surface area contributed by atoms with Crippen LogP contribution in [-0.4, -0.2) is 48.6 Å². The Morgan fingerprint density at radius 2 is 2.07 bits per heavy atom. The summed E-state index contributed by atoms with van der Waals surface area (Å²) >= 11 is 0. The van der Waals surface area contributed by atoms with E-state index in [1.807, 2.05) is 62.1 Å². The lowest BCUT2D eigenvalue weighted by atomic mass is 10.3. The average molecular weight is 487 g/mol. The minimum Gasteiger partial charge on any atom is -0.497 e. The summed E-state index contributed by atoms with van der Waals surface area (Å²) in [4.78, 5) is 4.60. The number of methoxy groups -OCH3 is 1. The van der Waals surface area contributed by atoms with E-state index in [2.05, 4.69) is 20.7 Å². The van der Waals surface area contributed by atoms with Crippen molar-refractivity contribution in [2.45, 2.75) is 33.4 Å². The van der Waals surface area contributed by atoms with Crippen LogP contribution in [0.25, 0.3) is 0 Å². The fourth-order valence-corrected chi connectivity index (χ4v) is 2.38. The quantitative estimate of drug-likeness (QED) is 0.324. The van der Waals surface area contributed by atoms with Crippen LogP contribution in [0.5, 0.6) is 11.5 Å². The molecule has 0 fully saturated rings. The van der Waals surface area contributed by atoms with Crippen LogP contribution in [0.2, 0.25) is 0 Å². The summed E-state index contributed by atoms with van der Waals surface area (Å²) in [5.41, 5.74) is 1.16. The highest BCUT2D eigenvalue weighted by molar-refractivity contribution is 14.0. The fraction of sp³-hybridized carbons (Fsp3) is 0.474. The molecule has 150 valence electrons. The first kappa shape index (κ1) is 23.1. The molecule has 0 saturated carbocycles. The van der Waals surface area contributed by atoms with Crippen molar-refractivity contribution < 1.29 is 9.47 Å². The average Bonchev–Trinajstić information content (AvgIpc) is 3.05. The van der Waals surface area contributed by atoms with Gasteiger partial charge in [0, 0.05) is 25.4 Å². The zero-order valence-electron chi connectivity index (χ0n) is 16.4. The van der Waals surface area contributed by atoms with Crippen LogP contribution in [-0.2, 0) is 6.54 Å². The molecule has 27 heavy (non-hydrogen) atoms. The molecule has 1 unspecified atom stereocenters. The molecule has 0 aliphatic rings. The number of hydrogen-bond donors (Lipinski definition) is 2. The Kier molecular flexibility index (Phi) is 10.6. The smallest absolute Gasteiger partial charge is 0.191 e. The maximum Gasteiger partial charge on any atom is 0.191 e. The van der Waals surface area contributed by atoms with Crippen molar-refractivity contribution in [1.29, 1.82) is 0 Å². The van der Waals surface area contributed by atoms with E-state index in [0.29, 0.717) is 6.54 Å². The first-order valence-corrected chi connectivity index (χ1v) is 8.92. The fourth-order valence-electron chi connectivity index (χ4n) is 2.38. The lowest BCUT2D eigenvalue weighted by Crippen LogP contribution is -2.39. The third kappa shape index (κ3) is 8.51. The highest BCUT2D eigenvalue weighted by Crippen LogP contribution is 2.19. The number of hydrogen-bond acceptors (Lipinski definition) is 4. The number of benzene rings is 1. The van der Waals surface area contributed by atoms with Crippen molar-refractivity contribution in [3.05, 3.63) is 42.2 Å². The Balaban J connectivity index is 0.00000364. The van der Waals surface area contributed by atoms with E-state index >= 15 is 0 Å². The van der Waals surface area contributed by atoms with Gasteiger partial charge >= 0.3 is 0 Å². The van der Waals surface area contributed by atoms with E-state index in [-0.39, 0.29) is 30.1 Å². The molecule has 2 aromatic rings. The third-order valence-electron chi connectivity index (χ3n) is 3.62. The number of aromatic nitrogens is 2. The van der Waals surface area contributed by atoms with Gasteiger partial charge in [0.25, 0.3) is 0 Å². The summed E-state index contributed by atoms with van der Waals surface area (Å²) in [5.74, 6) is 2.33. The van der Waals surface area contributed by atoms with Gasteiger partial charge in [-0.15, -0.1) is 24.0 Å². The molecule has 0 bridgehead atoms. The van der Waals surface area contributed by atoms with E-state index in [1.165, 1.54) is 0 Å². The minimum absolute atomic E-state index is 0. The third-order valence-corrected chi connectivity index (χ3v) is 3.62. The predicted octanol–water partition coefficient (Wildman–Crippen LogP) is 2.84. The van der Waals surface area contributed by atoms with Crippen LogP contribution >= 0.6 is 24.0 Å². The molecule has 2 rings (SSSR count). The van der Waals surface area contributed by atoms with Gasteiger partial charge < -0.3 is 20.1 Å². The first-order chi connectivity index (χ1) is 12.6. The summed E-state index contributed by atoms with van der Waals surface area (Å²) in [7, 11) is 1.64. The van der Waals surface area contributed by atoms with Crippen LogP contribution in [0.3, 0.4) is 0 Å². The minimum atomic E-state index is -0.0497. The van der Waals surface area contributed by atoms with E-state index < -0.39 is 0 Å². The Morgan fingerprint density at radius 1 is 1.30 bits per heavy atom. The Labute approximate surface area is 178 Å². The van der Waals surface area contributed by atoms with Gasteiger partial charge in [-0.25, -0.2) is 4.99 Å². The number of rotatable bonds is 9. The SMILES string of the molecule is CCNC(=NCC(C)Oc1cccc(OC)c1)NCCn1cc(C)cn1.I. The monoisotopic (exact) mass is 487 g/mol. The standard InChI is InChI=1S/C19H29N5O2.HI/c1-5-20-19(21-9-10-24-14-15(2)12-23-24)22-13-16(3)26-18-8-6-7-17(11-18)25-4;/h6-8,11-12,14,16H,5,9-10,13H2,1-4H3,(H2,20,21,22);1H. The second-order valence-electron chi connectivity index (χ2n) is 6.03. The van der Waals surface area contributed by atoms with Crippen molar-refractivity contribution in [2.24, 2.45) is 4.99 Å². The summed E-state index contributed by atoms with van der Waals surface area (Å²) in [6, 6.07) is 7.59. The number of aliphatic imine (C=N–C) groups is 1. The van der Waals surface area contributed by atoms with Crippen LogP contribution in [0.1, 0.15) is 19.4 Å². The van der Waals surface area contributed by atoms with Gasteiger partial charge in [0.1, 0.15) is 17.6 Å². The number of ether oxygens (including phenoxy) is 2. The van der Waals surface area contributed by atoms with E-state index in [9.17, 15) is 0 Å². The Morgan fingerprint density at radius 3 is 2.74 bits per heavy atom. The van der Waals surface area contributed by atoms with E-state index in [0.717, 1.165) is 42.7 Å². The normalized spacial score (nSPS) is 12.1. The van der Waals surface area contributed by atoms with Gasteiger partial charge in [0.2, 0.25) is 0 Å². The second kappa shape index (κ2) is 12.4. The molecule has 8 heteroatoms. The van der Waals surface area contributed by atoms with Crippen LogP contribution < -0.4 is 20.1 Å². The molecule has 0 aliphatic carbocycles. The molecule has 1 atom stereocenters. The molecule has 0 spiro atoms.